The van der Waals surface area contributed by atoms with Crippen LogP contribution in [0.15, 0.2) is 48.6 Å². The molecular formula is C25H35ClO6. The molecule has 1 aromatic rings. The molecule has 0 aromatic heterocycles. The highest BCUT2D eigenvalue weighted by molar-refractivity contribution is 6.30. The van der Waals surface area contributed by atoms with E-state index in [1.807, 2.05) is 26.0 Å². The van der Waals surface area contributed by atoms with Crippen molar-refractivity contribution in [2.45, 2.75) is 70.4 Å². The van der Waals surface area contributed by atoms with Crippen LogP contribution in [0.2, 0.25) is 5.02 Å². The van der Waals surface area contributed by atoms with Gasteiger partial charge in [0.15, 0.2) is 0 Å². The van der Waals surface area contributed by atoms with E-state index in [1.165, 1.54) is 0 Å². The quantitative estimate of drug-likeness (QED) is 0.244. The molecule has 2 rings (SSSR count). The van der Waals surface area contributed by atoms with Crippen LogP contribution < -0.4 is 4.74 Å². The molecule has 178 valence electrons. The van der Waals surface area contributed by atoms with Gasteiger partial charge in [-0.15, -0.1) is 0 Å². The second-order valence-electron chi connectivity index (χ2n) is 8.47. The van der Waals surface area contributed by atoms with Gasteiger partial charge in [0, 0.05) is 23.8 Å². The Bertz CT molecular complexity index is 763. The molecule has 0 bridgehead atoms. The highest BCUT2D eigenvalue weighted by atomic mass is 35.5. The van der Waals surface area contributed by atoms with Crippen molar-refractivity contribution in [3.05, 3.63) is 53.6 Å². The van der Waals surface area contributed by atoms with E-state index in [0.717, 1.165) is 6.42 Å². The van der Waals surface area contributed by atoms with Gasteiger partial charge in [0.05, 0.1) is 18.3 Å². The Hall–Kier alpha value is -1.86. The maximum absolute atomic E-state index is 11.5. The van der Waals surface area contributed by atoms with Gasteiger partial charge in [0.25, 0.3) is 0 Å². The third-order valence-corrected chi connectivity index (χ3v) is 5.62. The van der Waals surface area contributed by atoms with Crippen molar-refractivity contribution in [3.8, 4) is 5.75 Å². The number of unbranched alkanes of at least 4 members (excludes halogenated alkanes) is 1. The van der Waals surface area contributed by atoms with Crippen LogP contribution in [0.1, 0.15) is 46.0 Å². The number of carbonyl (C=O) groups excluding carboxylic acids is 1. The predicted molar refractivity (Wildman–Crippen MR) is 125 cm³/mol. The molecular weight excluding hydrogens is 432 g/mol. The van der Waals surface area contributed by atoms with Crippen molar-refractivity contribution in [1.82, 2.24) is 0 Å². The third-order valence-electron chi connectivity index (χ3n) is 5.38. The fourth-order valence-electron chi connectivity index (χ4n) is 3.81. The van der Waals surface area contributed by atoms with Crippen LogP contribution in [0, 0.1) is 11.8 Å². The molecule has 7 heteroatoms. The summed E-state index contributed by atoms with van der Waals surface area (Å²) < 4.78 is 10.6. The van der Waals surface area contributed by atoms with Crippen LogP contribution in [-0.2, 0) is 9.53 Å². The number of rotatable bonds is 12. The number of benzene rings is 1. The second kappa shape index (κ2) is 13.6. The highest BCUT2D eigenvalue weighted by Gasteiger charge is 2.39. The van der Waals surface area contributed by atoms with Crippen molar-refractivity contribution < 1.29 is 29.6 Å². The molecule has 6 nitrogen and oxygen atoms in total. The lowest BCUT2D eigenvalue weighted by Gasteiger charge is -2.19. The Kier molecular flexibility index (Phi) is 11.2. The zero-order chi connectivity index (χ0) is 23.5. The molecule has 0 aliphatic heterocycles. The van der Waals surface area contributed by atoms with Gasteiger partial charge < -0.3 is 24.8 Å². The van der Waals surface area contributed by atoms with Crippen LogP contribution in [0.3, 0.4) is 0 Å². The van der Waals surface area contributed by atoms with Crippen LogP contribution in [0.25, 0.3) is 0 Å². The van der Waals surface area contributed by atoms with E-state index in [2.05, 4.69) is 0 Å². The standard InChI is InChI=1S/C25H35ClO6/c1-17(2)32-25(30)11-6-4-3-5-10-21-22(24(29)15-23(21)28)13-12-19(27)16-31-20-9-7-8-18(26)14-20/h3,5,7-9,12-14,17,19,21-24,27-29H,4,6,10-11,15-16H2,1-2H3/b5-3+,13-12+/t19-,21-,22-,23+,24-/m1/s1. The van der Waals surface area contributed by atoms with E-state index in [4.69, 9.17) is 21.1 Å². The predicted octanol–water partition coefficient (Wildman–Crippen LogP) is 4.06. The Morgan fingerprint density at radius 1 is 1.25 bits per heavy atom. The fourth-order valence-corrected chi connectivity index (χ4v) is 3.99. The van der Waals surface area contributed by atoms with Crippen molar-refractivity contribution in [1.29, 1.82) is 0 Å². The number of allylic oxidation sites excluding steroid dienone is 2. The van der Waals surface area contributed by atoms with E-state index >= 15 is 0 Å². The molecule has 0 saturated heterocycles. The van der Waals surface area contributed by atoms with Crippen LogP contribution in [0.4, 0.5) is 0 Å². The summed E-state index contributed by atoms with van der Waals surface area (Å²) in [6, 6.07) is 6.94. The van der Waals surface area contributed by atoms with E-state index in [9.17, 15) is 20.1 Å². The lowest BCUT2D eigenvalue weighted by Crippen LogP contribution is -2.21. The summed E-state index contributed by atoms with van der Waals surface area (Å²) in [6.07, 6.45) is 7.90. The minimum Gasteiger partial charge on any atom is -0.491 e. The number of carbonyl (C=O) groups is 1. The Morgan fingerprint density at radius 3 is 2.75 bits per heavy atom. The summed E-state index contributed by atoms with van der Waals surface area (Å²) in [5.74, 6) is -0.00598. The van der Waals surface area contributed by atoms with Gasteiger partial charge in [0.2, 0.25) is 0 Å². The lowest BCUT2D eigenvalue weighted by atomic mass is 9.89. The molecule has 5 atom stereocenters. The van der Waals surface area contributed by atoms with Crippen LogP contribution in [-0.4, -0.2) is 52.3 Å². The largest absolute Gasteiger partial charge is 0.491 e. The minimum atomic E-state index is -0.847. The maximum Gasteiger partial charge on any atom is 0.306 e. The number of hydrogen-bond donors (Lipinski definition) is 3. The van der Waals surface area contributed by atoms with E-state index in [-0.39, 0.29) is 30.5 Å². The van der Waals surface area contributed by atoms with Gasteiger partial charge in [-0.3, -0.25) is 4.79 Å². The molecule has 0 radical (unpaired) electrons. The molecule has 1 saturated carbocycles. The second-order valence-corrected chi connectivity index (χ2v) is 8.91. The molecule has 0 spiro atoms. The first-order chi connectivity index (χ1) is 15.3. The minimum absolute atomic E-state index is 0.0615. The number of hydrogen-bond acceptors (Lipinski definition) is 6. The average molecular weight is 467 g/mol. The first-order valence-electron chi connectivity index (χ1n) is 11.2. The van der Waals surface area contributed by atoms with Crippen molar-refractivity contribution >= 4 is 17.6 Å². The fraction of sp³-hybridized carbons (Fsp3) is 0.560. The SMILES string of the molecule is CC(C)OC(=O)CCC/C=C/C[C@@H]1[C@@H](/C=C/[C@@H](O)COc2cccc(Cl)c2)[C@H](O)C[C@@H]1O. The molecule has 1 aromatic carbocycles. The van der Waals surface area contributed by atoms with Gasteiger partial charge in [-0.1, -0.05) is 42.0 Å². The molecule has 0 amide bonds. The van der Waals surface area contributed by atoms with E-state index in [0.29, 0.717) is 36.5 Å². The summed E-state index contributed by atoms with van der Waals surface area (Å²) in [5, 5.41) is 31.5. The molecule has 0 heterocycles. The molecule has 32 heavy (non-hydrogen) atoms. The van der Waals surface area contributed by atoms with Gasteiger partial charge in [-0.25, -0.2) is 0 Å². The first-order valence-corrected chi connectivity index (χ1v) is 11.6. The van der Waals surface area contributed by atoms with Crippen LogP contribution in [0.5, 0.6) is 5.75 Å². The highest BCUT2D eigenvalue weighted by Crippen LogP contribution is 2.36. The maximum atomic E-state index is 11.5. The van der Waals surface area contributed by atoms with Gasteiger partial charge >= 0.3 is 5.97 Å². The van der Waals surface area contributed by atoms with Crippen LogP contribution >= 0.6 is 11.6 Å². The Labute approximate surface area is 195 Å². The number of ether oxygens (including phenoxy) is 2. The lowest BCUT2D eigenvalue weighted by molar-refractivity contribution is -0.147. The van der Waals surface area contributed by atoms with E-state index < -0.39 is 18.3 Å². The Morgan fingerprint density at radius 2 is 2.03 bits per heavy atom. The zero-order valence-corrected chi connectivity index (χ0v) is 19.5. The van der Waals surface area contributed by atoms with Crippen molar-refractivity contribution in [3.63, 3.8) is 0 Å². The van der Waals surface area contributed by atoms with Gasteiger partial charge in [0.1, 0.15) is 18.5 Å². The van der Waals surface area contributed by atoms with Crippen molar-refractivity contribution in [2.24, 2.45) is 11.8 Å². The number of esters is 1. The zero-order valence-electron chi connectivity index (χ0n) is 18.8. The number of aliphatic hydroxyl groups is 3. The summed E-state index contributed by atoms with van der Waals surface area (Å²) in [7, 11) is 0. The smallest absolute Gasteiger partial charge is 0.306 e. The molecule has 3 N–H and O–H groups in total. The summed E-state index contributed by atoms with van der Waals surface area (Å²) in [4.78, 5) is 11.5. The molecule has 0 unspecified atom stereocenters. The average Bonchev–Trinajstić information content (AvgIpc) is 2.99. The normalized spacial score (nSPS) is 24.5. The van der Waals surface area contributed by atoms with Gasteiger partial charge in [-0.2, -0.15) is 0 Å². The monoisotopic (exact) mass is 466 g/mol. The molecule has 1 aliphatic carbocycles. The topological polar surface area (TPSA) is 96.2 Å². The third kappa shape index (κ3) is 9.33. The van der Waals surface area contributed by atoms with E-state index in [1.54, 1.807) is 36.4 Å². The molecule has 1 fully saturated rings. The van der Waals surface area contributed by atoms with Gasteiger partial charge in [-0.05, 0) is 57.2 Å². The summed E-state index contributed by atoms with van der Waals surface area (Å²) in [5.41, 5.74) is 0. The number of halogens is 1. The Balaban J connectivity index is 1.78. The molecule has 1 aliphatic rings. The first kappa shape index (κ1) is 26.4. The summed E-state index contributed by atoms with van der Waals surface area (Å²) >= 11 is 5.92. The summed E-state index contributed by atoms with van der Waals surface area (Å²) in [6.45, 7) is 3.72. The number of aliphatic hydroxyl groups excluding tert-OH is 3. The van der Waals surface area contributed by atoms with Crippen molar-refractivity contribution in [2.75, 3.05) is 6.61 Å².